The fraction of sp³-hybridized carbons (Fsp3) is 0.548. The standard InChI is InChI=1S/C31H44N4O2/c36-30(32-26-11-7-3-1-4-8-12-26)34-28-19-15-24(16-20-28)23-25-17-21-29(22-18-25)35-31(37)33-27-13-9-5-2-6-10-14-27/h15-22,26-27H,1-14,23H2,(H2,32,34,36)(H2,33,35,37). The number of anilines is 2. The lowest BCUT2D eigenvalue weighted by Gasteiger charge is -2.21. The van der Waals surface area contributed by atoms with Gasteiger partial charge in [0.1, 0.15) is 0 Å². The van der Waals surface area contributed by atoms with Crippen molar-refractivity contribution in [1.29, 1.82) is 0 Å². The average Bonchev–Trinajstić information content (AvgIpc) is 2.85. The Hall–Kier alpha value is -3.02. The van der Waals surface area contributed by atoms with E-state index in [1.165, 1.54) is 75.3 Å². The quantitative estimate of drug-likeness (QED) is 0.324. The first-order chi connectivity index (χ1) is 18.1. The maximum Gasteiger partial charge on any atom is 0.319 e. The molecule has 2 saturated carbocycles. The van der Waals surface area contributed by atoms with Gasteiger partial charge in [0.15, 0.2) is 0 Å². The van der Waals surface area contributed by atoms with Gasteiger partial charge in [-0.15, -0.1) is 0 Å². The van der Waals surface area contributed by atoms with Gasteiger partial charge in [0, 0.05) is 23.5 Å². The lowest BCUT2D eigenvalue weighted by Crippen LogP contribution is -2.38. The number of hydrogen-bond donors (Lipinski definition) is 4. The average molecular weight is 505 g/mol. The van der Waals surface area contributed by atoms with Crippen LogP contribution in [0.3, 0.4) is 0 Å². The van der Waals surface area contributed by atoms with Crippen LogP contribution in [0.4, 0.5) is 21.0 Å². The first-order valence-electron chi connectivity index (χ1n) is 14.5. The maximum atomic E-state index is 12.4. The van der Waals surface area contributed by atoms with Crippen LogP contribution in [0.1, 0.15) is 101 Å². The van der Waals surface area contributed by atoms with Gasteiger partial charge in [-0.3, -0.25) is 0 Å². The Kier molecular flexibility index (Phi) is 10.7. The molecule has 0 radical (unpaired) electrons. The second kappa shape index (κ2) is 14.7. The van der Waals surface area contributed by atoms with Crippen molar-refractivity contribution >= 4 is 23.4 Å². The number of carbonyl (C=O) groups is 2. The Morgan fingerprint density at radius 2 is 0.838 bits per heavy atom. The van der Waals surface area contributed by atoms with Crippen LogP contribution in [0.15, 0.2) is 48.5 Å². The van der Waals surface area contributed by atoms with Gasteiger partial charge >= 0.3 is 12.1 Å². The molecule has 2 aliphatic rings. The van der Waals surface area contributed by atoms with Crippen molar-refractivity contribution in [2.75, 3.05) is 10.6 Å². The summed E-state index contributed by atoms with van der Waals surface area (Å²) in [5.41, 5.74) is 3.96. The summed E-state index contributed by atoms with van der Waals surface area (Å²) >= 11 is 0. The molecule has 4 N–H and O–H groups in total. The van der Waals surface area contributed by atoms with Gasteiger partial charge in [-0.1, -0.05) is 88.5 Å². The number of nitrogens with one attached hydrogen (secondary N) is 4. The number of urea groups is 2. The van der Waals surface area contributed by atoms with Gasteiger partial charge in [0.2, 0.25) is 0 Å². The summed E-state index contributed by atoms with van der Waals surface area (Å²) < 4.78 is 0. The normalized spacial score (nSPS) is 17.9. The molecule has 0 spiro atoms. The third kappa shape index (κ3) is 9.75. The highest BCUT2D eigenvalue weighted by molar-refractivity contribution is 5.90. The summed E-state index contributed by atoms with van der Waals surface area (Å²) in [7, 11) is 0. The minimum atomic E-state index is -0.111. The largest absolute Gasteiger partial charge is 0.335 e. The number of amides is 4. The second-order valence-electron chi connectivity index (χ2n) is 10.9. The van der Waals surface area contributed by atoms with Crippen LogP contribution in [-0.2, 0) is 6.42 Å². The van der Waals surface area contributed by atoms with Crippen molar-refractivity contribution in [3.63, 3.8) is 0 Å². The van der Waals surface area contributed by atoms with E-state index in [0.717, 1.165) is 43.5 Å². The van der Waals surface area contributed by atoms with Gasteiger partial charge in [-0.25, -0.2) is 9.59 Å². The number of carbonyl (C=O) groups excluding carboxylic acids is 2. The fourth-order valence-corrected chi connectivity index (χ4v) is 5.55. The van der Waals surface area contributed by atoms with Crippen molar-refractivity contribution in [2.45, 2.75) is 108 Å². The summed E-state index contributed by atoms with van der Waals surface area (Å²) in [5, 5.41) is 12.3. The van der Waals surface area contributed by atoms with Crippen LogP contribution < -0.4 is 21.3 Å². The van der Waals surface area contributed by atoms with Gasteiger partial charge in [-0.2, -0.15) is 0 Å². The minimum Gasteiger partial charge on any atom is -0.335 e. The number of rotatable bonds is 6. The molecule has 2 aromatic carbocycles. The van der Waals surface area contributed by atoms with Crippen LogP contribution in [0, 0.1) is 0 Å². The summed E-state index contributed by atoms with van der Waals surface area (Å²) in [6.07, 6.45) is 17.6. The molecule has 0 aromatic heterocycles. The van der Waals surface area contributed by atoms with Crippen molar-refractivity contribution < 1.29 is 9.59 Å². The molecule has 37 heavy (non-hydrogen) atoms. The summed E-state index contributed by atoms with van der Waals surface area (Å²) in [6, 6.07) is 16.4. The SMILES string of the molecule is O=C(Nc1ccc(Cc2ccc(NC(=O)NC3CCCCCCC3)cc2)cc1)NC1CCCCCCC1. The van der Waals surface area contributed by atoms with Crippen LogP contribution >= 0.6 is 0 Å². The molecule has 2 aliphatic carbocycles. The summed E-state index contributed by atoms with van der Waals surface area (Å²) in [5.74, 6) is 0. The van der Waals surface area contributed by atoms with E-state index in [1.54, 1.807) is 0 Å². The van der Waals surface area contributed by atoms with Crippen molar-refractivity contribution in [1.82, 2.24) is 10.6 Å². The Labute approximate surface area is 222 Å². The highest BCUT2D eigenvalue weighted by atomic mass is 16.2. The molecule has 4 rings (SSSR count). The molecule has 2 fully saturated rings. The second-order valence-corrected chi connectivity index (χ2v) is 10.9. The summed E-state index contributed by atoms with van der Waals surface area (Å²) in [4.78, 5) is 24.9. The smallest absolute Gasteiger partial charge is 0.319 e. The molecule has 0 unspecified atom stereocenters. The zero-order valence-electron chi connectivity index (χ0n) is 22.2. The first kappa shape index (κ1) is 27.0. The van der Waals surface area contributed by atoms with Crippen LogP contribution in [0.2, 0.25) is 0 Å². The maximum absolute atomic E-state index is 12.4. The van der Waals surface area contributed by atoms with Crippen molar-refractivity contribution in [3.05, 3.63) is 59.7 Å². The highest BCUT2D eigenvalue weighted by Gasteiger charge is 2.15. The number of hydrogen-bond acceptors (Lipinski definition) is 2. The molecule has 0 aliphatic heterocycles. The van der Waals surface area contributed by atoms with Crippen LogP contribution in [0.25, 0.3) is 0 Å². The lowest BCUT2D eigenvalue weighted by molar-refractivity contribution is 0.244. The van der Waals surface area contributed by atoms with Crippen LogP contribution in [-0.4, -0.2) is 24.1 Å². The molecule has 2 aromatic rings. The zero-order valence-corrected chi connectivity index (χ0v) is 22.2. The van der Waals surface area contributed by atoms with E-state index >= 15 is 0 Å². The molecule has 0 bridgehead atoms. The Morgan fingerprint density at radius 1 is 0.514 bits per heavy atom. The molecule has 200 valence electrons. The first-order valence-corrected chi connectivity index (χ1v) is 14.5. The van der Waals surface area contributed by atoms with E-state index in [0.29, 0.717) is 0 Å². The molecule has 0 heterocycles. The van der Waals surface area contributed by atoms with E-state index < -0.39 is 0 Å². The van der Waals surface area contributed by atoms with E-state index in [2.05, 4.69) is 45.5 Å². The van der Waals surface area contributed by atoms with E-state index in [4.69, 9.17) is 0 Å². The van der Waals surface area contributed by atoms with E-state index in [9.17, 15) is 9.59 Å². The van der Waals surface area contributed by atoms with E-state index in [-0.39, 0.29) is 24.1 Å². The van der Waals surface area contributed by atoms with Gasteiger partial charge in [-0.05, 0) is 67.5 Å². The topological polar surface area (TPSA) is 82.3 Å². The predicted octanol–water partition coefficient (Wildman–Crippen LogP) is 7.75. The monoisotopic (exact) mass is 504 g/mol. The van der Waals surface area contributed by atoms with E-state index in [1.807, 2.05) is 24.3 Å². The Morgan fingerprint density at radius 3 is 1.19 bits per heavy atom. The fourth-order valence-electron chi connectivity index (χ4n) is 5.55. The van der Waals surface area contributed by atoms with Crippen LogP contribution in [0.5, 0.6) is 0 Å². The lowest BCUT2D eigenvalue weighted by atomic mass is 9.97. The molecule has 4 amide bonds. The number of benzene rings is 2. The molecular formula is C31H44N4O2. The van der Waals surface area contributed by atoms with Gasteiger partial charge in [0.05, 0.1) is 0 Å². The summed E-state index contributed by atoms with van der Waals surface area (Å²) in [6.45, 7) is 0. The van der Waals surface area contributed by atoms with Crippen molar-refractivity contribution in [2.24, 2.45) is 0 Å². The third-order valence-electron chi connectivity index (χ3n) is 7.71. The molecule has 6 nitrogen and oxygen atoms in total. The highest BCUT2D eigenvalue weighted by Crippen LogP contribution is 2.20. The van der Waals surface area contributed by atoms with Gasteiger partial charge < -0.3 is 21.3 Å². The molecule has 0 saturated heterocycles. The minimum absolute atomic E-state index is 0.111. The zero-order chi connectivity index (χ0) is 25.7. The molecule has 0 atom stereocenters. The molecular weight excluding hydrogens is 460 g/mol. The van der Waals surface area contributed by atoms with Gasteiger partial charge in [0.25, 0.3) is 0 Å². The Balaban J connectivity index is 1.20. The Bertz CT molecular complexity index is 878. The predicted molar refractivity (Wildman–Crippen MR) is 152 cm³/mol. The van der Waals surface area contributed by atoms with Crippen molar-refractivity contribution in [3.8, 4) is 0 Å². The molecule has 6 heteroatoms. The third-order valence-corrected chi connectivity index (χ3v) is 7.71.